The van der Waals surface area contributed by atoms with E-state index in [2.05, 4.69) is 4.74 Å². The topological polar surface area (TPSA) is 66.4 Å². The third-order valence-corrected chi connectivity index (χ3v) is 0.994. The average Bonchev–Trinajstić information content (AvgIpc) is 1.82. The molecule has 0 aliphatic carbocycles. The first-order chi connectivity index (χ1) is 5.73. The van der Waals surface area contributed by atoms with Crippen molar-refractivity contribution < 1.29 is 32.6 Å². The minimum atomic E-state index is -5.10. The van der Waals surface area contributed by atoms with Crippen LogP contribution in [0.1, 0.15) is 13.3 Å². The number of ether oxygens (including phenoxy) is 1. The number of alkyl halides is 3. The van der Waals surface area contributed by atoms with E-state index in [1.807, 2.05) is 0 Å². The minimum absolute atomic E-state index is 0.762. The molecule has 0 aliphatic heterocycles. The first-order valence-corrected chi connectivity index (χ1v) is 3.21. The van der Waals surface area contributed by atoms with Crippen LogP contribution in [-0.4, -0.2) is 24.2 Å². The van der Waals surface area contributed by atoms with Gasteiger partial charge in [-0.15, -0.1) is 0 Å². The van der Waals surface area contributed by atoms with Crippen molar-refractivity contribution in [2.75, 3.05) is 0 Å². The molecular formula is C6H6F3O4-. The molecule has 0 amide bonds. The highest BCUT2D eigenvalue weighted by Crippen LogP contribution is 2.17. The zero-order valence-electron chi connectivity index (χ0n) is 6.55. The predicted molar refractivity (Wildman–Crippen MR) is 31.2 cm³/mol. The molecule has 0 aromatic rings. The molecule has 0 saturated carbocycles. The van der Waals surface area contributed by atoms with E-state index in [-0.39, 0.29) is 0 Å². The quantitative estimate of drug-likeness (QED) is 0.581. The first-order valence-electron chi connectivity index (χ1n) is 3.21. The van der Waals surface area contributed by atoms with Crippen molar-refractivity contribution in [3.05, 3.63) is 0 Å². The molecule has 0 rings (SSSR count). The monoisotopic (exact) mass is 199 g/mol. The number of halogens is 3. The number of carbonyl (C=O) groups is 2. The lowest BCUT2D eigenvalue weighted by Crippen LogP contribution is -2.33. The number of esters is 1. The standard InChI is InChI=1S/C6H7F3O4/c1-3(2-4(10)11)13-5(12)6(7,8)9/h3H,2H2,1H3,(H,10,11)/p-1. The molecule has 0 radical (unpaired) electrons. The van der Waals surface area contributed by atoms with E-state index in [4.69, 9.17) is 0 Å². The van der Waals surface area contributed by atoms with Crippen LogP contribution >= 0.6 is 0 Å². The fourth-order valence-electron chi connectivity index (χ4n) is 0.526. The molecular weight excluding hydrogens is 193 g/mol. The van der Waals surface area contributed by atoms with Gasteiger partial charge >= 0.3 is 12.1 Å². The number of carbonyl (C=O) groups excluding carboxylic acids is 2. The van der Waals surface area contributed by atoms with Crippen LogP contribution in [0, 0.1) is 0 Å². The van der Waals surface area contributed by atoms with Crippen LogP contribution < -0.4 is 5.11 Å². The fraction of sp³-hybridized carbons (Fsp3) is 0.667. The zero-order chi connectivity index (χ0) is 10.6. The van der Waals surface area contributed by atoms with Crippen LogP contribution in [0.5, 0.6) is 0 Å². The summed E-state index contributed by atoms with van der Waals surface area (Å²) in [5.74, 6) is -3.98. The summed E-state index contributed by atoms with van der Waals surface area (Å²) in [5.41, 5.74) is 0. The summed E-state index contributed by atoms with van der Waals surface area (Å²) in [6.45, 7) is 1.03. The second-order valence-corrected chi connectivity index (χ2v) is 2.29. The summed E-state index contributed by atoms with van der Waals surface area (Å²) in [5, 5.41) is 9.86. The Kier molecular flexibility index (Phi) is 3.70. The van der Waals surface area contributed by atoms with E-state index in [0.717, 1.165) is 6.92 Å². The maximum atomic E-state index is 11.5. The summed E-state index contributed by atoms with van der Waals surface area (Å²) in [6.07, 6.45) is -7.21. The van der Waals surface area contributed by atoms with Crippen molar-refractivity contribution in [3.8, 4) is 0 Å². The van der Waals surface area contributed by atoms with Gasteiger partial charge in [-0.25, -0.2) is 4.79 Å². The van der Waals surface area contributed by atoms with Crippen molar-refractivity contribution in [1.29, 1.82) is 0 Å². The summed E-state index contributed by atoms with van der Waals surface area (Å²) in [4.78, 5) is 20.0. The number of hydrogen-bond acceptors (Lipinski definition) is 4. The molecule has 13 heavy (non-hydrogen) atoms. The van der Waals surface area contributed by atoms with Crippen LogP contribution in [-0.2, 0) is 14.3 Å². The highest BCUT2D eigenvalue weighted by atomic mass is 19.4. The van der Waals surface area contributed by atoms with E-state index in [9.17, 15) is 27.9 Å². The molecule has 0 spiro atoms. The largest absolute Gasteiger partial charge is 0.550 e. The fourth-order valence-corrected chi connectivity index (χ4v) is 0.526. The summed E-state index contributed by atoms with van der Waals surface area (Å²) >= 11 is 0. The van der Waals surface area contributed by atoms with Gasteiger partial charge in [0.15, 0.2) is 0 Å². The van der Waals surface area contributed by atoms with Gasteiger partial charge in [-0.3, -0.25) is 0 Å². The van der Waals surface area contributed by atoms with Gasteiger partial charge in [-0.05, 0) is 6.92 Å². The van der Waals surface area contributed by atoms with Crippen LogP contribution in [0.15, 0.2) is 0 Å². The van der Waals surface area contributed by atoms with Crippen LogP contribution in [0.4, 0.5) is 13.2 Å². The SMILES string of the molecule is CC(CC(=O)[O-])OC(=O)C(F)(F)F. The highest BCUT2D eigenvalue weighted by Gasteiger charge is 2.41. The molecule has 1 atom stereocenters. The van der Waals surface area contributed by atoms with E-state index < -0.39 is 30.6 Å². The molecule has 7 heteroatoms. The molecule has 0 saturated heterocycles. The lowest BCUT2D eigenvalue weighted by Gasteiger charge is -2.14. The zero-order valence-corrected chi connectivity index (χ0v) is 6.55. The lowest BCUT2D eigenvalue weighted by molar-refractivity contribution is -0.307. The third-order valence-electron chi connectivity index (χ3n) is 0.994. The van der Waals surface area contributed by atoms with Gasteiger partial charge in [0.05, 0.1) is 0 Å². The summed E-state index contributed by atoms with van der Waals surface area (Å²) < 4.78 is 38.3. The van der Waals surface area contributed by atoms with Crippen molar-refractivity contribution in [1.82, 2.24) is 0 Å². The molecule has 0 aromatic heterocycles. The Morgan fingerprint density at radius 2 is 1.92 bits per heavy atom. The molecule has 0 heterocycles. The van der Waals surface area contributed by atoms with E-state index in [1.54, 1.807) is 0 Å². The normalized spacial score (nSPS) is 13.5. The second-order valence-electron chi connectivity index (χ2n) is 2.29. The molecule has 0 aromatic carbocycles. The Morgan fingerprint density at radius 1 is 1.46 bits per heavy atom. The second kappa shape index (κ2) is 4.11. The summed E-state index contributed by atoms with van der Waals surface area (Å²) in [6, 6.07) is 0. The Hall–Kier alpha value is -1.27. The van der Waals surface area contributed by atoms with Crippen LogP contribution in [0.3, 0.4) is 0 Å². The maximum Gasteiger partial charge on any atom is 0.490 e. The molecule has 0 bridgehead atoms. The predicted octanol–water partition coefficient (Wildman–Crippen LogP) is -0.380. The van der Waals surface area contributed by atoms with E-state index in [1.165, 1.54) is 0 Å². The molecule has 4 nitrogen and oxygen atoms in total. The van der Waals surface area contributed by atoms with Gasteiger partial charge in [0.2, 0.25) is 0 Å². The van der Waals surface area contributed by atoms with Gasteiger partial charge in [0, 0.05) is 12.4 Å². The lowest BCUT2D eigenvalue weighted by atomic mass is 10.3. The van der Waals surface area contributed by atoms with E-state index in [0.29, 0.717) is 0 Å². The smallest absolute Gasteiger partial charge is 0.490 e. The van der Waals surface area contributed by atoms with Crippen molar-refractivity contribution in [2.45, 2.75) is 25.6 Å². The number of rotatable bonds is 3. The Labute approximate surface area is 71.3 Å². The molecule has 76 valence electrons. The van der Waals surface area contributed by atoms with Gasteiger partial charge in [-0.1, -0.05) is 0 Å². The van der Waals surface area contributed by atoms with Crippen LogP contribution in [0.2, 0.25) is 0 Å². The van der Waals surface area contributed by atoms with Gasteiger partial charge < -0.3 is 14.6 Å². The highest BCUT2D eigenvalue weighted by molar-refractivity contribution is 5.76. The number of carboxylic acid groups (broad SMARTS) is 1. The van der Waals surface area contributed by atoms with Crippen molar-refractivity contribution >= 4 is 11.9 Å². The third kappa shape index (κ3) is 5.05. The Balaban J connectivity index is 4.00. The Bertz CT molecular complexity index is 210. The first kappa shape index (κ1) is 11.7. The van der Waals surface area contributed by atoms with Gasteiger partial charge in [-0.2, -0.15) is 13.2 Å². The van der Waals surface area contributed by atoms with Gasteiger partial charge in [0.25, 0.3) is 0 Å². The number of hydrogen-bond donors (Lipinski definition) is 0. The van der Waals surface area contributed by atoms with Gasteiger partial charge in [0.1, 0.15) is 6.10 Å². The van der Waals surface area contributed by atoms with Crippen LogP contribution in [0.25, 0.3) is 0 Å². The molecule has 0 fully saturated rings. The maximum absolute atomic E-state index is 11.5. The Morgan fingerprint density at radius 3 is 2.23 bits per heavy atom. The number of carboxylic acids is 1. The summed E-state index contributed by atoms with van der Waals surface area (Å²) in [7, 11) is 0. The molecule has 0 N–H and O–H groups in total. The van der Waals surface area contributed by atoms with E-state index >= 15 is 0 Å². The minimum Gasteiger partial charge on any atom is -0.550 e. The van der Waals surface area contributed by atoms with Crippen molar-refractivity contribution in [2.24, 2.45) is 0 Å². The molecule has 0 aliphatic rings. The average molecular weight is 199 g/mol. The molecule has 1 unspecified atom stereocenters. The number of aliphatic carboxylic acids is 1. The van der Waals surface area contributed by atoms with Crippen molar-refractivity contribution in [3.63, 3.8) is 0 Å².